The van der Waals surface area contributed by atoms with Crippen molar-refractivity contribution in [3.8, 4) is 5.75 Å². The van der Waals surface area contributed by atoms with Crippen molar-refractivity contribution >= 4 is 34.6 Å². The number of ether oxygens (including phenoxy) is 3. The number of nitrogens with one attached hydrogen (secondary N) is 2. The van der Waals surface area contributed by atoms with Crippen LogP contribution in [0.5, 0.6) is 5.75 Å². The Hall–Kier alpha value is -3.40. The summed E-state index contributed by atoms with van der Waals surface area (Å²) in [6.07, 6.45) is 9.16. The zero-order valence-corrected chi connectivity index (χ0v) is 23.0. The molecule has 0 amide bonds. The number of nitrogens with zero attached hydrogens (tertiary/aromatic N) is 4. The number of esters is 1. The van der Waals surface area contributed by atoms with E-state index >= 15 is 0 Å². The van der Waals surface area contributed by atoms with Crippen molar-refractivity contribution in [3.05, 3.63) is 30.6 Å². The standard InChI is InChI=1S/C28H40N6O4/c1-28(2,3)33-25-24-26(34(19-29-24)22-11-8-10-18-38-22)32-27(31-25)30-20-13-15-21(16-14-20)37-17-9-6-5-7-12-23(35)36-4/h13-16,19,22H,5-12,17-18H2,1-4H3,(H2,30,31,32,33). The van der Waals surface area contributed by atoms with Gasteiger partial charge in [-0.25, -0.2) is 4.98 Å². The summed E-state index contributed by atoms with van der Waals surface area (Å²) in [4.78, 5) is 25.4. The van der Waals surface area contributed by atoms with Crippen LogP contribution in [0.4, 0.5) is 17.5 Å². The first kappa shape index (κ1) is 27.6. The highest BCUT2D eigenvalue weighted by Gasteiger charge is 2.23. The van der Waals surface area contributed by atoms with Crippen LogP contribution in [-0.2, 0) is 14.3 Å². The molecule has 206 valence electrons. The van der Waals surface area contributed by atoms with Gasteiger partial charge >= 0.3 is 5.97 Å². The average Bonchev–Trinajstić information content (AvgIpc) is 3.33. The van der Waals surface area contributed by atoms with Crippen LogP contribution in [0.15, 0.2) is 30.6 Å². The van der Waals surface area contributed by atoms with E-state index in [0.717, 1.165) is 74.2 Å². The van der Waals surface area contributed by atoms with E-state index in [1.807, 2.05) is 28.8 Å². The molecule has 3 aromatic rings. The maximum atomic E-state index is 11.2. The summed E-state index contributed by atoms with van der Waals surface area (Å²) in [5.41, 5.74) is 2.15. The van der Waals surface area contributed by atoms with Gasteiger partial charge in [0.05, 0.1) is 20.0 Å². The molecular formula is C28H40N6O4. The van der Waals surface area contributed by atoms with E-state index < -0.39 is 0 Å². The lowest BCUT2D eigenvalue weighted by atomic mass is 10.1. The molecule has 0 spiro atoms. The molecule has 10 heteroatoms. The average molecular weight is 525 g/mol. The number of aromatic nitrogens is 4. The summed E-state index contributed by atoms with van der Waals surface area (Å²) in [6.45, 7) is 7.67. The normalized spacial score (nSPS) is 15.8. The minimum atomic E-state index is -0.190. The minimum Gasteiger partial charge on any atom is -0.494 e. The molecule has 3 heterocycles. The van der Waals surface area contributed by atoms with Crippen molar-refractivity contribution in [2.24, 2.45) is 0 Å². The first-order valence-corrected chi connectivity index (χ1v) is 13.5. The van der Waals surface area contributed by atoms with Gasteiger partial charge in [-0.3, -0.25) is 9.36 Å². The summed E-state index contributed by atoms with van der Waals surface area (Å²) in [7, 11) is 1.42. The van der Waals surface area contributed by atoms with Gasteiger partial charge in [-0.1, -0.05) is 12.8 Å². The maximum absolute atomic E-state index is 11.2. The lowest BCUT2D eigenvalue weighted by molar-refractivity contribution is -0.140. The number of hydrogen-bond acceptors (Lipinski definition) is 9. The molecule has 2 aromatic heterocycles. The van der Waals surface area contributed by atoms with E-state index in [0.29, 0.717) is 24.8 Å². The third kappa shape index (κ3) is 7.80. The van der Waals surface area contributed by atoms with Gasteiger partial charge < -0.3 is 24.8 Å². The van der Waals surface area contributed by atoms with E-state index in [1.54, 1.807) is 6.33 Å². The van der Waals surface area contributed by atoms with Gasteiger partial charge in [0.1, 0.15) is 12.0 Å². The number of rotatable bonds is 12. The van der Waals surface area contributed by atoms with Crippen LogP contribution >= 0.6 is 0 Å². The minimum absolute atomic E-state index is 0.0664. The largest absolute Gasteiger partial charge is 0.494 e. The molecular weight excluding hydrogens is 484 g/mol. The Morgan fingerprint density at radius 2 is 1.89 bits per heavy atom. The molecule has 1 aliphatic rings. The van der Waals surface area contributed by atoms with Crippen molar-refractivity contribution < 1.29 is 19.0 Å². The van der Waals surface area contributed by atoms with Gasteiger partial charge in [-0.05, 0) is 77.1 Å². The van der Waals surface area contributed by atoms with E-state index in [2.05, 4.69) is 41.1 Å². The highest BCUT2D eigenvalue weighted by atomic mass is 16.5. The van der Waals surface area contributed by atoms with Gasteiger partial charge in [-0.15, -0.1) is 0 Å². The van der Waals surface area contributed by atoms with E-state index in [9.17, 15) is 4.79 Å². The number of anilines is 3. The third-order valence-corrected chi connectivity index (χ3v) is 6.26. The molecule has 0 bridgehead atoms. The van der Waals surface area contributed by atoms with E-state index in [1.165, 1.54) is 7.11 Å². The topological polar surface area (TPSA) is 112 Å². The molecule has 0 aliphatic carbocycles. The van der Waals surface area contributed by atoms with Crippen molar-refractivity contribution in [1.82, 2.24) is 19.5 Å². The Morgan fingerprint density at radius 1 is 1.11 bits per heavy atom. The number of methoxy groups -OCH3 is 1. The number of benzene rings is 1. The number of carbonyl (C=O) groups is 1. The van der Waals surface area contributed by atoms with Gasteiger partial charge in [0, 0.05) is 24.3 Å². The molecule has 1 atom stereocenters. The Bertz CT molecular complexity index is 1180. The van der Waals surface area contributed by atoms with Crippen LogP contribution in [0.25, 0.3) is 11.2 Å². The zero-order valence-electron chi connectivity index (χ0n) is 23.0. The van der Waals surface area contributed by atoms with Crippen molar-refractivity contribution in [3.63, 3.8) is 0 Å². The van der Waals surface area contributed by atoms with Crippen LogP contribution < -0.4 is 15.4 Å². The van der Waals surface area contributed by atoms with Crippen molar-refractivity contribution in [1.29, 1.82) is 0 Å². The predicted octanol–water partition coefficient (Wildman–Crippen LogP) is 5.98. The first-order chi connectivity index (χ1) is 18.3. The second-order valence-electron chi connectivity index (χ2n) is 10.7. The molecule has 0 saturated carbocycles. The van der Waals surface area contributed by atoms with E-state index in [4.69, 9.17) is 19.4 Å². The Balaban J connectivity index is 1.39. The first-order valence-electron chi connectivity index (χ1n) is 13.5. The van der Waals surface area contributed by atoms with Crippen molar-refractivity contribution in [2.75, 3.05) is 31.0 Å². The third-order valence-electron chi connectivity index (χ3n) is 6.26. The molecule has 1 aromatic carbocycles. The monoisotopic (exact) mass is 524 g/mol. The Labute approximate surface area is 224 Å². The fourth-order valence-electron chi connectivity index (χ4n) is 4.35. The molecule has 1 saturated heterocycles. The lowest BCUT2D eigenvalue weighted by Crippen LogP contribution is -2.27. The quantitative estimate of drug-likeness (QED) is 0.218. The summed E-state index contributed by atoms with van der Waals surface area (Å²) in [6, 6.07) is 7.79. The summed E-state index contributed by atoms with van der Waals surface area (Å²) in [5.74, 6) is 1.84. The Morgan fingerprint density at radius 3 is 2.61 bits per heavy atom. The second-order valence-corrected chi connectivity index (χ2v) is 10.7. The van der Waals surface area contributed by atoms with Crippen LogP contribution in [0.2, 0.25) is 0 Å². The number of hydrogen-bond donors (Lipinski definition) is 2. The molecule has 1 aliphatic heterocycles. The Kier molecular flexibility index (Phi) is 9.38. The number of unbranched alkanes of at least 4 members (excludes halogenated alkanes) is 3. The highest BCUT2D eigenvalue weighted by molar-refractivity contribution is 5.85. The smallest absolute Gasteiger partial charge is 0.305 e. The molecule has 2 N–H and O–H groups in total. The number of imidazole rings is 1. The van der Waals surface area contributed by atoms with Crippen LogP contribution in [0.3, 0.4) is 0 Å². The number of fused-ring (bicyclic) bond motifs is 1. The molecule has 1 fully saturated rings. The van der Waals surface area contributed by atoms with E-state index in [-0.39, 0.29) is 17.7 Å². The summed E-state index contributed by atoms with van der Waals surface area (Å²) in [5, 5.41) is 6.81. The predicted molar refractivity (Wildman–Crippen MR) is 148 cm³/mol. The van der Waals surface area contributed by atoms with Crippen LogP contribution in [-0.4, -0.2) is 51.4 Å². The maximum Gasteiger partial charge on any atom is 0.305 e. The number of carbonyl (C=O) groups excluding carboxylic acids is 1. The van der Waals surface area contributed by atoms with Gasteiger partial charge in [0.25, 0.3) is 0 Å². The molecule has 38 heavy (non-hydrogen) atoms. The molecule has 0 radical (unpaired) electrons. The van der Waals surface area contributed by atoms with Gasteiger partial charge in [-0.2, -0.15) is 9.97 Å². The highest BCUT2D eigenvalue weighted by Crippen LogP contribution is 2.30. The summed E-state index contributed by atoms with van der Waals surface area (Å²) < 4.78 is 18.6. The van der Waals surface area contributed by atoms with Crippen LogP contribution in [0.1, 0.15) is 78.4 Å². The van der Waals surface area contributed by atoms with Crippen LogP contribution in [0, 0.1) is 0 Å². The lowest BCUT2D eigenvalue weighted by Gasteiger charge is -2.24. The summed E-state index contributed by atoms with van der Waals surface area (Å²) >= 11 is 0. The zero-order chi connectivity index (χ0) is 27.0. The second kappa shape index (κ2) is 12.9. The molecule has 1 unspecified atom stereocenters. The SMILES string of the molecule is COC(=O)CCCCCCOc1ccc(Nc2nc(NC(C)(C)C)c3ncn(C4CCCCO4)c3n2)cc1. The van der Waals surface area contributed by atoms with Crippen molar-refractivity contribution in [2.45, 2.75) is 83.9 Å². The van der Waals surface area contributed by atoms with Gasteiger partial charge in [0.2, 0.25) is 5.95 Å². The fourth-order valence-corrected chi connectivity index (χ4v) is 4.35. The molecule has 10 nitrogen and oxygen atoms in total. The molecule has 4 rings (SSSR count). The fraction of sp³-hybridized carbons (Fsp3) is 0.571. The van der Waals surface area contributed by atoms with Gasteiger partial charge in [0.15, 0.2) is 17.0 Å².